The molecule has 122 valence electrons. The lowest BCUT2D eigenvalue weighted by molar-refractivity contribution is -0.133. The van der Waals surface area contributed by atoms with Crippen molar-refractivity contribution in [3.63, 3.8) is 0 Å². The number of carbonyl (C=O) groups excluding carboxylic acids is 2. The largest absolute Gasteiger partial charge is 0.308 e. The Hall–Kier alpha value is -1.90. The summed E-state index contributed by atoms with van der Waals surface area (Å²) in [6, 6.07) is 10.1. The third-order valence-electron chi connectivity index (χ3n) is 5.36. The maximum atomic E-state index is 12.7. The van der Waals surface area contributed by atoms with E-state index in [9.17, 15) is 9.59 Å². The van der Waals surface area contributed by atoms with E-state index in [0.717, 1.165) is 30.5 Å². The van der Waals surface area contributed by atoms with Gasteiger partial charge >= 0.3 is 0 Å². The lowest BCUT2D eigenvalue weighted by Gasteiger charge is -2.39. The number of hydrogen-bond acceptors (Lipinski definition) is 2. The molecule has 1 aromatic carbocycles. The normalized spacial score (nSPS) is 21.3. The number of nitrogens with zero attached hydrogens (tertiary/aromatic N) is 1. The molecule has 1 amide bonds. The summed E-state index contributed by atoms with van der Waals surface area (Å²) in [5, 5.41) is 0. The Balaban J connectivity index is 2.04. The summed E-state index contributed by atoms with van der Waals surface area (Å²) in [7, 11) is 0. The molecular weight excluding hydrogens is 286 g/mol. The zero-order valence-corrected chi connectivity index (χ0v) is 14.3. The van der Waals surface area contributed by atoms with Gasteiger partial charge in [0.2, 0.25) is 5.91 Å². The van der Waals surface area contributed by atoms with Gasteiger partial charge in [0.05, 0.1) is 11.5 Å². The number of rotatable bonds is 5. The highest BCUT2D eigenvalue weighted by Crippen LogP contribution is 2.57. The topological polar surface area (TPSA) is 37.4 Å². The third-order valence-corrected chi connectivity index (χ3v) is 5.36. The van der Waals surface area contributed by atoms with Crippen molar-refractivity contribution in [2.45, 2.75) is 58.9 Å². The molecule has 0 aromatic heterocycles. The van der Waals surface area contributed by atoms with Crippen LogP contribution in [0.25, 0.3) is 0 Å². The molecule has 0 spiro atoms. The first-order valence-electron chi connectivity index (χ1n) is 8.62. The molecule has 1 aliphatic heterocycles. The van der Waals surface area contributed by atoms with Crippen LogP contribution in [0.3, 0.4) is 0 Å². The highest BCUT2D eigenvalue weighted by Gasteiger charge is 2.56. The zero-order chi connectivity index (χ0) is 16.6. The Morgan fingerprint density at radius 2 is 1.87 bits per heavy atom. The highest BCUT2D eigenvalue weighted by molar-refractivity contribution is 5.93. The Bertz CT molecular complexity index is 655. The minimum absolute atomic E-state index is 0.0314. The van der Waals surface area contributed by atoms with Crippen LogP contribution in [0.15, 0.2) is 41.6 Å². The number of carbonyl (C=O) groups is 2. The summed E-state index contributed by atoms with van der Waals surface area (Å²) in [5.74, 6) is 0.434. The highest BCUT2D eigenvalue weighted by atomic mass is 16.2. The molecule has 0 bridgehead atoms. The minimum Gasteiger partial charge on any atom is -0.308 e. The van der Waals surface area contributed by atoms with Crippen LogP contribution in [0.4, 0.5) is 0 Å². The van der Waals surface area contributed by atoms with Crippen LogP contribution in [0, 0.1) is 5.41 Å². The second-order valence-corrected chi connectivity index (χ2v) is 6.84. The number of benzene rings is 1. The van der Waals surface area contributed by atoms with Gasteiger partial charge in [0.1, 0.15) is 5.78 Å². The molecule has 3 heteroatoms. The Morgan fingerprint density at radius 3 is 2.43 bits per heavy atom. The third kappa shape index (κ3) is 2.62. The van der Waals surface area contributed by atoms with Crippen LogP contribution < -0.4 is 0 Å². The second-order valence-electron chi connectivity index (χ2n) is 6.84. The monoisotopic (exact) mass is 311 g/mol. The van der Waals surface area contributed by atoms with E-state index in [1.54, 1.807) is 0 Å². The number of ketones is 1. The van der Waals surface area contributed by atoms with Crippen molar-refractivity contribution in [2.24, 2.45) is 5.41 Å². The molecule has 3 nitrogen and oxygen atoms in total. The first-order valence-corrected chi connectivity index (χ1v) is 8.62. The predicted octanol–water partition coefficient (Wildman–Crippen LogP) is 4.40. The van der Waals surface area contributed by atoms with Crippen molar-refractivity contribution in [1.29, 1.82) is 0 Å². The van der Waals surface area contributed by atoms with Crippen molar-refractivity contribution in [3.8, 4) is 0 Å². The average Bonchev–Trinajstić information content (AvgIpc) is 3.37. The quantitative estimate of drug-likeness (QED) is 0.808. The molecule has 0 saturated heterocycles. The molecule has 1 aromatic rings. The molecule has 23 heavy (non-hydrogen) atoms. The van der Waals surface area contributed by atoms with E-state index in [1.807, 2.05) is 30.0 Å². The predicted molar refractivity (Wildman–Crippen MR) is 90.6 cm³/mol. The smallest absolute Gasteiger partial charge is 0.227 e. The fraction of sp³-hybridized carbons (Fsp3) is 0.500. The molecule has 1 fully saturated rings. The summed E-state index contributed by atoms with van der Waals surface area (Å²) in [4.78, 5) is 27.2. The summed E-state index contributed by atoms with van der Waals surface area (Å²) in [6.07, 6.45) is 3.64. The van der Waals surface area contributed by atoms with E-state index in [1.165, 1.54) is 5.57 Å². The van der Waals surface area contributed by atoms with E-state index in [2.05, 4.69) is 26.0 Å². The summed E-state index contributed by atoms with van der Waals surface area (Å²) in [5.41, 5.74) is 2.95. The van der Waals surface area contributed by atoms with Gasteiger partial charge in [-0.2, -0.15) is 0 Å². The van der Waals surface area contributed by atoms with Gasteiger partial charge in [-0.15, -0.1) is 0 Å². The van der Waals surface area contributed by atoms with Crippen LogP contribution in [0.5, 0.6) is 0 Å². The van der Waals surface area contributed by atoms with Crippen molar-refractivity contribution in [1.82, 2.24) is 4.90 Å². The molecule has 0 N–H and O–H groups in total. The Labute approximate surface area is 138 Å². The van der Waals surface area contributed by atoms with E-state index in [0.29, 0.717) is 12.8 Å². The van der Waals surface area contributed by atoms with Crippen molar-refractivity contribution >= 4 is 11.7 Å². The van der Waals surface area contributed by atoms with Crippen LogP contribution >= 0.6 is 0 Å². The lowest BCUT2D eigenvalue weighted by Crippen LogP contribution is -2.41. The molecule has 1 aliphatic carbocycles. The number of amides is 1. The van der Waals surface area contributed by atoms with E-state index in [4.69, 9.17) is 0 Å². The zero-order valence-electron chi connectivity index (χ0n) is 14.3. The van der Waals surface area contributed by atoms with E-state index >= 15 is 0 Å². The van der Waals surface area contributed by atoms with Gasteiger partial charge in [-0.3, -0.25) is 9.59 Å². The van der Waals surface area contributed by atoms with Crippen LogP contribution in [-0.2, 0) is 9.59 Å². The molecule has 1 atom stereocenters. The van der Waals surface area contributed by atoms with E-state index in [-0.39, 0.29) is 17.7 Å². The lowest BCUT2D eigenvalue weighted by atomic mass is 9.85. The SMILES string of the molecule is CCC(=O)C1(C2=C(C)CCC(=O)N2[C@@H](C)c2ccccc2)CC1. The van der Waals surface area contributed by atoms with Gasteiger partial charge in [-0.25, -0.2) is 0 Å². The number of allylic oxidation sites excluding steroid dienone is 2. The molecular formula is C20H25NO2. The van der Waals surface area contributed by atoms with E-state index < -0.39 is 5.41 Å². The summed E-state index contributed by atoms with van der Waals surface area (Å²) < 4.78 is 0. The van der Waals surface area contributed by atoms with Gasteiger partial charge < -0.3 is 4.90 Å². The summed E-state index contributed by atoms with van der Waals surface area (Å²) in [6.45, 7) is 6.09. The van der Waals surface area contributed by atoms with Crippen LogP contribution in [0.2, 0.25) is 0 Å². The maximum Gasteiger partial charge on any atom is 0.227 e. The van der Waals surface area contributed by atoms with Crippen LogP contribution in [-0.4, -0.2) is 16.6 Å². The fourth-order valence-electron chi connectivity index (χ4n) is 3.90. The Kier molecular flexibility index (Phi) is 4.13. The van der Waals surface area contributed by atoms with Crippen molar-refractivity contribution in [2.75, 3.05) is 0 Å². The minimum atomic E-state index is -0.391. The van der Waals surface area contributed by atoms with Crippen LogP contribution in [0.1, 0.15) is 64.5 Å². The van der Waals surface area contributed by atoms with Gasteiger partial charge in [-0.1, -0.05) is 42.8 Å². The number of hydrogen-bond donors (Lipinski definition) is 0. The molecule has 1 saturated carbocycles. The van der Waals surface area contributed by atoms with Gasteiger partial charge in [0, 0.05) is 18.5 Å². The second kappa shape index (κ2) is 5.95. The maximum absolute atomic E-state index is 12.7. The fourth-order valence-corrected chi connectivity index (χ4v) is 3.90. The average molecular weight is 311 g/mol. The summed E-state index contributed by atoms with van der Waals surface area (Å²) >= 11 is 0. The Morgan fingerprint density at radius 1 is 1.22 bits per heavy atom. The standard InChI is InChI=1S/C20H25NO2/c1-4-17(22)20(12-13-20)19-14(2)10-11-18(23)21(19)15(3)16-8-6-5-7-9-16/h5-9,15H,4,10-13H2,1-3H3/t15-/m0/s1. The molecule has 3 rings (SSSR count). The van der Waals surface area contributed by atoms with Gasteiger partial charge in [0.25, 0.3) is 0 Å². The molecule has 0 radical (unpaired) electrons. The first kappa shape index (κ1) is 16.0. The van der Waals surface area contributed by atoms with Gasteiger partial charge in [-0.05, 0) is 38.7 Å². The van der Waals surface area contributed by atoms with Crippen molar-refractivity contribution < 1.29 is 9.59 Å². The molecule has 0 unspecified atom stereocenters. The van der Waals surface area contributed by atoms with Gasteiger partial charge in [0.15, 0.2) is 0 Å². The number of Topliss-reactive ketones (excluding diaryl/α,β-unsaturated/α-hetero) is 1. The molecule has 1 heterocycles. The molecule has 2 aliphatic rings. The van der Waals surface area contributed by atoms with Crippen molar-refractivity contribution in [3.05, 3.63) is 47.2 Å². The first-order chi connectivity index (χ1) is 11.0.